The van der Waals surface area contributed by atoms with Crippen molar-refractivity contribution in [1.82, 2.24) is 10.2 Å². The Morgan fingerprint density at radius 2 is 2.14 bits per heavy atom. The van der Waals surface area contributed by atoms with Crippen LogP contribution in [0.5, 0.6) is 0 Å². The van der Waals surface area contributed by atoms with Gasteiger partial charge in [-0.25, -0.2) is 0 Å². The summed E-state index contributed by atoms with van der Waals surface area (Å²) in [4.78, 5) is 0. The normalized spacial score (nSPS) is 26.2. The Bertz CT molecular complexity index is 421. The van der Waals surface area contributed by atoms with Crippen LogP contribution in [-0.2, 0) is 11.3 Å². The molecule has 1 N–H and O–H groups in total. The summed E-state index contributed by atoms with van der Waals surface area (Å²) < 4.78 is 6.21. The monoisotopic (exact) mass is 311 g/mol. The highest BCUT2D eigenvalue weighted by Crippen LogP contribution is 2.35. The molecule has 1 aliphatic carbocycles. The van der Waals surface area contributed by atoms with Crippen molar-refractivity contribution in [3.05, 3.63) is 5.01 Å². The maximum absolute atomic E-state index is 6.21. The van der Waals surface area contributed by atoms with Crippen molar-refractivity contribution in [2.45, 2.75) is 66.1 Å². The number of nitrogens with one attached hydrogen (secondary N) is 1. The van der Waals surface area contributed by atoms with Gasteiger partial charge in [-0.2, -0.15) is 0 Å². The van der Waals surface area contributed by atoms with Crippen LogP contribution in [0.4, 0.5) is 5.13 Å². The van der Waals surface area contributed by atoms with E-state index in [1.807, 2.05) is 0 Å². The van der Waals surface area contributed by atoms with Gasteiger partial charge in [-0.15, -0.1) is 10.2 Å². The molecule has 120 valence electrons. The molecular formula is C16H29N3OS. The Hall–Kier alpha value is -0.680. The molecule has 1 aromatic heterocycles. The zero-order valence-corrected chi connectivity index (χ0v) is 14.6. The molecule has 0 aromatic carbocycles. The maximum atomic E-state index is 6.21. The average Bonchev–Trinajstić information content (AvgIpc) is 2.90. The fourth-order valence-corrected chi connectivity index (χ4v) is 3.79. The molecule has 0 spiro atoms. The molecule has 4 nitrogen and oxygen atoms in total. The number of hydrogen-bond donors (Lipinski definition) is 1. The molecule has 1 heterocycles. The summed E-state index contributed by atoms with van der Waals surface area (Å²) in [6.45, 7) is 10.7. The van der Waals surface area contributed by atoms with Crippen LogP contribution in [0.1, 0.15) is 58.4 Å². The van der Waals surface area contributed by atoms with E-state index < -0.39 is 0 Å². The first-order valence-corrected chi connectivity index (χ1v) is 9.09. The Labute approximate surface area is 132 Å². The van der Waals surface area contributed by atoms with Crippen molar-refractivity contribution < 1.29 is 4.74 Å². The lowest BCUT2D eigenvalue weighted by Crippen LogP contribution is -2.34. The van der Waals surface area contributed by atoms with Gasteiger partial charge in [0.1, 0.15) is 11.6 Å². The lowest BCUT2D eigenvalue weighted by molar-refractivity contribution is -0.0474. The SMILES string of the molecule is CCCNc1nnc(COC2CC(C)CCC2C(C)C)s1. The number of ether oxygens (including phenoxy) is 1. The summed E-state index contributed by atoms with van der Waals surface area (Å²) >= 11 is 1.61. The fraction of sp³-hybridized carbons (Fsp3) is 0.875. The summed E-state index contributed by atoms with van der Waals surface area (Å²) in [6.07, 6.45) is 5.30. The highest BCUT2D eigenvalue weighted by molar-refractivity contribution is 7.15. The Morgan fingerprint density at radius 1 is 1.33 bits per heavy atom. The summed E-state index contributed by atoms with van der Waals surface area (Å²) in [5.74, 6) is 2.16. The lowest BCUT2D eigenvalue weighted by Gasteiger charge is -2.37. The van der Waals surface area contributed by atoms with E-state index >= 15 is 0 Å². The molecule has 1 saturated carbocycles. The molecule has 0 saturated heterocycles. The van der Waals surface area contributed by atoms with E-state index in [9.17, 15) is 0 Å². The molecule has 1 aromatic rings. The van der Waals surface area contributed by atoms with E-state index in [0.29, 0.717) is 24.5 Å². The van der Waals surface area contributed by atoms with Crippen LogP contribution >= 0.6 is 11.3 Å². The molecule has 0 bridgehead atoms. The second-order valence-corrected chi connectivity index (χ2v) is 7.67. The van der Waals surface area contributed by atoms with Gasteiger partial charge < -0.3 is 10.1 Å². The minimum absolute atomic E-state index is 0.379. The molecule has 2 rings (SSSR count). The number of hydrogen-bond acceptors (Lipinski definition) is 5. The average molecular weight is 311 g/mol. The van der Waals surface area contributed by atoms with E-state index in [0.717, 1.165) is 29.0 Å². The summed E-state index contributed by atoms with van der Waals surface area (Å²) in [7, 11) is 0. The first-order valence-electron chi connectivity index (χ1n) is 8.28. The first-order chi connectivity index (χ1) is 10.1. The van der Waals surface area contributed by atoms with Gasteiger partial charge in [-0.05, 0) is 37.0 Å². The van der Waals surface area contributed by atoms with Crippen molar-refractivity contribution in [2.24, 2.45) is 17.8 Å². The molecule has 3 atom stereocenters. The van der Waals surface area contributed by atoms with E-state index in [1.165, 1.54) is 19.3 Å². The molecule has 0 aliphatic heterocycles. The quantitative estimate of drug-likeness (QED) is 0.814. The van der Waals surface area contributed by atoms with Crippen molar-refractivity contribution in [3.8, 4) is 0 Å². The Kier molecular flexibility index (Phi) is 6.42. The van der Waals surface area contributed by atoms with Crippen LogP contribution in [0.15, 0.2) is 0 Å². The van der Waals surface area contributed by atoms with Crippen LogP contribution in [-0.4, -0.2) is 22.8 Å². The number of rotatable bonds is 7. The predicted octanol–water partition coefficient (Wildman–Crippen LogP) is 4.34. The maximum Gasteiger partial charge on any atom is 0.205 e. The van der Waals surface area contributed by atoms with Crippen LogP contribution in [0.25, 0.3) is 0 Å². The van der Waals surface area contributed by atoms with Crippen molar-refractivity contribution in [1.29, 1.82) is 0 Å². The van der Waals surface area contributed by atoms with Crippen molar-refractivity contribution >= 4 is 16.5 Å². The van der Waals surface area contributed by atoms with Crippen LogP contribution in [0, 0.1) is 17.8 Å². The van der Waals surface area contributed by atoms with Gasteiger partial charge >= 0.3 is 0 Å². The zero-order chi connectivity index (χ0) is 15.2. The van der Waals surface area contributed by atoms with E-state index in [2.05, 4.69) is 43.2 Å². The fourth-order valence-electron chi connectivity index (χ4n) is 3.10. The van der Waals surface area contributed by atoms with Gasteiger partial charge in [0, 0.05) is 6.54 Å². The largest absolute Gasteiger partial charge is 0.371 e. The van der Waals surface area contributed by atoms with Gasteiger partial charge in [-0.3, -0.25) is 0 Å². The molecule has 5 heteroatoms. The van der Waals surface area contributed by atoms with Gasteiger partial charge in [0.25, 0.3) is 0 Å². The summed E-state index contributed by atoms with van der Waals surface area (Å²) in [5.41, 5.74) is 0. The van der Waals surface area contributed by atoms with Crippen LogP contribution in [0.2, 0.25) is 0 Å². The Morgan fingerprint density at radius 3 is 2.86 bits per heavy atom. The predicted molar refractivity (Wildman–Crippen MR) is 88.6 cm³/mol. The minimum Gasteiger partial charge on any atom is -0.371 e. The van der Waals surface area contributed by atoms with E-state index in [4.69, 9.17) is 4.74 Å². The van der Waals surface area contributed by atoms with Crippen molar-refractivity contribution in [3.63, 3.8) is 0 Å². The van der Waals surface area contributed by atoms with Gasteiger partial charge in [0.15, 0.2) is 0 Å². The van der Waals surface area contributed by atoms with Gasteiger partial charge in [-0.1, -0.05) is 45.5 Å². The second kappa shape index (κ2) is 8.08. The third kappa shape index (κ3) is 4.92. The molecule has 1 fully saturated rings. The molecule has 3 unspecified atom stereocenters. The van der Waals surface area contributed by atoms with Crippen molar-refractivity contribution in [2.75, 3.05) is 11.9 Å². The molecular weight excluding hydrogens is 282 g/mol. The zero-order valence-electron chi connectivity index (χ0n) is 13.8. The topological polar surface area (TPSA) is 47.0 Å². The van der Waals surface area contributed by atoms with E-state index in [-0.39, 0.29) is 0 Å². The van der Waals surface area contributed by atoms with E-state index in [1.54, 1.807) is 11.3 Å². The van der Waals surface area contributed by atoms with Gasteiger partial charge in [0.05, 0.1) is 6.10 Å². The lowest BCUT2D eigenvalue weighted by atomic mass is 9.75. The second-order valence-electron chi connectivity index (χ2n) is 6.60. The highest BCUT2D eigenvalue weighted by atomic mass is 32.1. The molecule has 0 radical (unpaired) electrons. The third-order valence-electron chi connectivity index (χ3n) is 4.38. The summed E-state index contributed by atoms with van der Waals surface area (Å²) in [6, 6.07) is 0. The smallest absolute Gasteiger partial charge is 0.205 e. The molecule has 1 aliphatic rings. The van der Waals surface area contributed by atoms with Crippen LogP contribution in [0.3, 0.4) is 0 Å². The number of aromatic nitrogens is 2. The molecule has 0 amide bonds. The third-order valence-corrected chi connectivity index (χ3v) is 5.23. The number of anilines is 1. The molecule has 21 heavy (non-hydrogen) atoms. The van der Waals surface area contributed by atoms with Crippen LogP contribution < -0.4 is 5.32 Å². The highest BCUT2D eigenvalue weighted by Gasteiger charge is 2.31. The van der Waals surface area contributed by atoms with Gasteiger partial charge in [0.2, 0.25) is 5.13 Å². The standard InChI is InChI=1S/C16H29N3OS/c1-5-8-17-16-19-18-15(21-16)10-20-14-9-12(4)6-7-13(14)11(2)3/h11-14H,5-10H2,1-4H3,(H,17,19). The first kappa shape index (κ1) is 16.7. The Balaban J connectivity index is 1.86. The summed E-state index contributed by atoms with van der Waals surface area (Å²) in [5, 5.41) is 13.6. The number of nitrogens with zero attached hydrogens (tertiary/aromatic N) is 2. The minimum atomic E-state index is 0.379.